The Morgan fingerprint density at radius 2 is 2.00 bits per heavy atom. The standard InChI is InChI=1S/C15H18ClN5/c1-11-4-7-18-15-14(11)19-13(3-6-16)21(15)9-5-12-17-8-10-20(12)2/h4,7-8,10H,3,5-6,9H2,1-2H3. The van der Waals surface area contributed by atoms with Crippen LogP contribution in [0.4, 0.5) is 0 Å². The van der Waals surface area contributed by atoms with Crippen LogP contribution >= 0.6 is 11.6 Å². The van der Waals surface area contributed by atoms with Gasteiger partial charge in [0.1, 0.15) is 17.2 Å². The maximum atomic E-state index is 5.91. The molecule has 0 fully saturated rings. The molecule has 0 atom stereocenters. The zero-order chi connectivity index (χ0) is 14.8. The van der Waals surface area contributed by atoms with Crippen molar-refractivity contribution in [2.75, 3.05) is 5.88 Å². The minimum Gasteiger partial charge on any atom is -0.338 e. The fourth-order valence-corrected chi connectivity index (χ4v) is 2.71. The number of hydrogen-bond acceptors (Lipinski definition) is 3. The third kappa shape index (κ3) is 2.65. The summed E-state index contributed by atoms with van der Waals surface area (Å²) in [5, 5.41) is 0. The van der Waals surface area contributed by atoms with E-state index in [1.54, 1.807) is 0 Å². The molecule has 3 rings (SSSR count). The quantitative estimate of drug-likeness (QED) is 0.680. The molecule has 0 aliphatic carbocycles. The van der Waals surface area contributed by atoms with Crippen molar-refractivity contribution in [3.63, 3.8) is 0 Å². The number of aryl methyl sites for hydroxylation is 5. The third-order valence-corrected chi connectivity index (χ3v) is 3.90. The second-order valence-electron chi connectivity index (χ2n) is 5.12. The first-order valence-electron chi connectivity index (χ1n) is 7.03. The van der Waals surface area contributed by atoms with Gasteiger partial charge in [-0.15, -0.1) is 11.6 Å². The van der Waals surface area contributed by atoms with E-state index in [1.807, 2.05) is 36.3 Å². The zero-order valence-electron chi connectivity index (χ0n) is 12.3. The molecule has 0 aromatic carbocycles. The first kappa shape index (κ1) is 14.1. The maximum Gasteiger partial charge on any atom is 0.160 e. The van der Waals surface area contributed by atoms with Crippen LogP contribution in [0.3, 0.4) is 0 Å². The van der Waals surface area contributed by atoms with Gasteiger partial charge in [-0.25, -0.2) is 15.0 Å². The van der Waals surface area contributed by atoms with E-state index in [2.05, 4.69) is 21.5 Å². The molecule has 0 spiro atoms. The molecule has 0 unspecified atom stereocenters. The Balaban J connectivity index is 1.97. The predicted molar refractivity (Wildman–Crippen MR) is 83.6 cm³/mol. The normalized spacial score (nSPS) is 11.4. The molecule has 3 aromatic heterocycles. The Labute approximate surface area is 128 Å². The van der Waals surface area contributed by atoms with Gasteiger partial charge in [0, 0.05) is 50.9 Å². The van der Waals surface area contributed by atoms with Crippen molar-refractivity contribution < 1.29 is 0 Å². The van der Waals surface area contributed by atoms with Crippen molar-refractivity contribution in [3.8, 4) is 0 Å². The predicted octanol–water partition coefficient (Wildman–Crippen LogP) is 2.50. The number of alkyl halides is 1. The fourth-order valence-electron chi connectivity index (χ4n) is 2.54. The van der Waals surface area contributed by atoms with E-state index in [1.165, 1.54) is 0 Å². The summed E-state index contributed by atoms with van der Waals surface area (Å²) < 4.78 is 4.21. The molecule has 110 valence electrons. The number of rotatable bonds is 5. The SMILES string of the molecule is Cc1ccnc2c1nc(CCCl)n2CCc1nccn1C. The van der Waals surface area contributed by atoms with Gasteiger partial charge in [-0.3, -0.25) is 0 Å². The molecule has 0 aliphatic heterocycles. The molecular weight excluding hydrogens is 286 g/mol. The van der Waals surface area contributed by atoms with Crippen LogP contribution in [-0.4, -0.2) is 30.0 Å². The van der Waals surface area contributed by atoms with Crippen LogP contribution < -0.4 is 0 Å². The molecule has 0 aliphatic rings. The van der Waals surface area contributed by atoms with Crippen molar-refractivity contribution in [2.24, 2.45) is 7.05 Å². The summed E-state index contributed by atoms with van der Waals surface area (Å²) in [6.07, 6.45) is 7.21. The summed E-state index contributed by atoms with van der Waals surface area (Å²) in [4.78, 5) is 13.6. The smallest absolute Gasteiger partial charge is 0.160 e. The highest BCUT2D eigenvalue weighted by atomic mass is 35.5. The highest BCUT2D eigenvalue weighted by molar-refractivity contribution is 6.17. The highest BCUT2D eigenvalue weighted by Gasteiger charge is 2.13. The van der Waals surface area contributed by atoms with Crippen LogP contribution in [0.5, 0.6) is 0 Å². The van der Waals surface area contributed by atoms with E-state index in [9.17, 15) is 0 Å². The molecule has 0 amide bonds. The Kier molecular flexibility index (Phi) is 3.92. The molecule has 0 N–H and O–H groups in total. The van der Waals surface area contributed by atoms with E-state index in [0.29, 0.717) is 5.88 Å². The summed E-state index contributed by atoms with van der Waals surface area (Å²) in [6, 6.07) is 1.99. The number of fused-ring (bicyclic) bond motifs is 1. The van der Waals surface area contributed by atoms with Crippen molar-refractivity contribution in [1.29, 1.82) is 0 Å². The lowest BCUT2D eigenvalue weighted by Gasteiger charge is -2.08. The second kappa shape index (κ2) is 5.85. The Morgan fingerprint density at radius 3 is 2.71 bits per heavy atom. The summed E-state index contributed by atoms with van der Waals surface area (Å²) in [5.74, 6) is 2.61. The fraction of sp³-hybridized carbons (Fsp3) is 0.400. The molecule has 21 heavy (non-hydrogen) atoms. The van der Waals surface area contributed by atoms with Crippen molar-refractivity contribution in [1.82, 2.24) is 24.1 Å². The summed E-state index contributed by atoms with van der Waals surface area (Å²) in [7, 11) is 2.01. The molecule has 5 nitrogen and oxygen atoms in total. The molecule has 0 saturated carbocycles. The van der Waals surface area contributed by atoms with Gasteiger partial charge < -0.3 is 9.13 Å². The third-order valence-electron chi connectivity index (χ3n) is 3.71. The van der Waals surface area contributed by atoms with Gasteiger partial charge >= 0.3 is 0 Å². The molecule has 0 saturated heterocycles. The maximum absolute atomic E-state index is 5.91. The zero-order valence-corrected chi connectivity index (χ0v) is 13.0. The van der Waals surface area contributed by atoms with Gasteiger partial charge in [0.25, 0.3) is 0 Å². The number of imidazole rings is 2. The second-order valence-corrected chi connectivity index (χ2v) is 5.50. The number of nitrogens with zero attached hydrogens (tertiary/aromatic N) is 5. The van der Waals surface area contributed by atoms with Crippen LogP contribution in [0.25, 0.3) is 11.2 Å². The van der Waals surface area contributed by atoms with Crippen LogP contribution in [0, 0.1) is 6.92 Å². The Bertz CT molecular complexity index is 759. The topological polar surface area (TPSA) is 48.5 Å². The summed E-state index contributed by atoms with van der Waals surface area (Å²) >= 11 is 5.91. The van der Waals surface area contributed by atoms with Gasteiger partial charge in [0.05, 0.1) is 0 Å². The molecular formula is C15H18ClN5. The largest absolute Gasteiger partial charge is 0.338 e. The molecule has 0 bridgehead atoms. The van der Waals surface area contributed by atoms with E-state index in [0.717, 1.165) is 47.8 Å². The average molecular weight is 304 g/mol. The van der Waals surface area contributed by atoms with Crippen molar-refractivity contribution in [2.45, 2.75) is 26.3 Å². The van der Waals surface area contributed by atoms with Crippen LogP contribution in [0.2, 0.25) is 0 Å². The average Bonchev–Trinajstić information content (AvgIpc) is 3.02. The van der Waals surface area contributed by atoms with Crippen LogP contribution in [0.15, 0.2) is 24.7 Å². The van der Waals surface area contributed by atoms with Crippen LogP contribution in [-0.2, 0) is 26.4 Å². The lowest BCUT2D eigenvalue weighted by Crippen LogP contribution is -2.10. The molecule has 0 radical (unpaired) electrons. The molecule has 3 heterocycles. The van der Waals surface area contributed by atoms with Gasteiger partial charge in [-0.1, -0.05) is 0 Å². The van der Waals surface area contributed by atoms with Gasteiger partial charge in [-0.05, 0) is 18.6 Å². The van der Waals surface area contributed by atoms with Crippen molar-refractivity contribution in [3.05, 3.63) is 41.9 Å². The van der Waals surface area contributed by atoms with Crippen molar-refractivity contribution >= 4 is 22.8 Å². The summed E-state index contributed by atoms with van der Waals surface area (Å²) in [6.45, 7) is 2.87. The Morgan fingerprint density at radius 1 is 1.14 bits per heavy atom. The summed E-state index contributed by atoms with van der Waals surface area (Å²) in [5.41, 5.74) is 3.05. The number of pyridine rings is 1. The van der Waals surface area contributed by atoms with Crippen LogP contribution in [0.1, 0.15) is 17.2 Å². The lowest BCUT2D eigenvalue weighted by molar-refractivity contribution is 0.634. The van der Waals surface area contributed by atoms with E-state index in [-0.39, 0.29) is 0 Å². The Hall–Kier alpha value is -1.88. The van der Waals surface area contributed by atoms with E-state index in [4.69, 9.17) is 16.6 Å². The molecule has 3 aromatic rings. The minimum absolute atomic E-state index is 0.560. The highest BCUT2D eigenvalue weighted by Crippen LogP contribution is 2.18. The molecule has 6 heteroatoms. The first-order valence-corrected chi connectivity index (χ1v) is 7.57. The van der Waals surface area contributed by atoms with E-state index >= 15 is 0 Å². The van der Waals surface area contributed by atoms with Gasteiger partial charge in [0.2, 0.25) is 0 Å². The number of hydrogen-bond donors (Lipinski definition) is 0. The minimum atomic E-state index is 0.560. The number of aromatic nitrogens is 5. The first-order chi connectivity index (χ1) is 10.2. The monoisotopic (exact) mass is 303 g/mol. The van der Waals surface area contributed by atoms with E-state index < -0.39 is 0 Å². The van der Waals surface area contributed by atoms with Gasteiger partial charge in [-0.2, -0.15) is 0 Å². The number of halogens is 1. The lowest BCUT2D eigenvalue weighted by atomic mass is 10.3. The van der Waals surface area contributed by atoms with Gasteiger partial charge in [0.15, 0.2) is 5.65 Å².